The van der Waals surface area contributed by atoms with Crippen molar-refractivity contribution >= 4 is 22.4 Å². The van der Waals surface area contributed by atoms with Gasteiger partial charge in [0.2, 0.25) is 5.91 Å². The number of aromatic nitrogens is 3. The smallest absolute Gasteiger partial charge is 0.225 e. The highest BCUT2D eigenvalue weighted by Gasteiger charge is 2.33. The summed E-state index contributed by atoms with van der Waals surface area (Å²) in [6.07, 6.45) is 7.70. The van der Waals surface area contributed by atoms with Crippen molar-refractivity contribution in [3.05, 3.63) is 28.5 Å². The van der Waals surface area contributed by atoms with Gasteiger partial charge in [0.1, 0.15) is 0 Å². The van der Waals surface area contributed by atoms with Gasteiger partial charge in [-0.25, -0.2) is 4.98 Å². The molecule has 1 saturated carbocycles. The number of hydrogen-bond donors (Lipinski definition) is 1. The normalized spacial score (nSPS) is 20.0. The van der Waals surface area contributed by atoms with E-state index >= 15 is 0 Å². The number of thiazole rings is 1. The summed E-state index contributed by atoms with van der Waals surface area (Å²) in [6.45, 7) is 2.36. The molecule has 0 radical (unpaired) electrons. The largest absolute Gasteiger partial charge is 0.304 e. The molecule has 24 heavy (non-hydrogen) atoms. The van der Waals surface area contributed by atoms with E-state index in [2.05, 4.69) is 27.0 Å². The molecule has 0 bridgehead atoms. The van der Waals surface area contributed by atoms with Crippen LogP contribution in [0.5, 0.6) is 0 Å². The van der Waals surface area contributed by atoms with Crippen LogP contribution in [0.2, 0.25) is 0 Å². The molecule has 128 valence electrons. The molecule has 7 heteroatoms. The van der Waals surface area contributed by atoms with Crippen molar-refractivity contribution < 1.29 is 4.79 Å². The Balaban J connectivity index is 1.43. The molecule has 2 aromatic heterocycles. The topological polar surface area (TPSA) is 63.1 Å². The average Bonchev–Trinajstić information content (AvgIpc) is 3.11. The quantitative estimate of drug-likeness (QED) is 0.905. The van der Waals surface area contributed by atoms with Crippen LogP contribution in [0.15, 0.2) is 11.6 Å². The van der Waals surface area contributed by atoms with Crippen molar-refractivity contribution in [3.63, 3.8) is 0 Å². The van der Waals surface area contributed by atoms with E-state index in [1.807, 2.05) is 16.6 Å². The zero-order valence-corrected chi connectivity index (χ0v) is 15.0. The zero-order chi connectivity index (χ0) is 16.7. The minimum absolute atomic E-state index is 0.0960. The van der Waals surface area contributed by atoms with E-state index in [1.54, 1.807) is 18.3 Å². The van der Waals surface area contributed by atoms with Crippen molar-refractivity contribution in [1.82, 2.24) is 20.1 Å². The first-order valence-corrected chi connectivity index (χ1v) is 9.50. The molecule has 0 aromatic carbocycles. The van der Waals surface area contributed by atoms with Gasteiger partial charge in [-0.15, -0.1) is 11.3 Å². The zero-order valence-electron chi connectivity index (χ0n) is 14.2. The van der Waals surface area contributed by atoms with Gasteiger partial charge >= 0.3 is 0 Å². The van der Waals surface area contributed by atoms with Gasteiger partial charge < -0.3 is 5.32 Å². The highest BCUT2D eigenvalue weighted by molar-refractivity contribution is 7.14. The van der Waals surface area contributed by atoms with Crippen LogP contribution in [0.25, 0.3) is 0 Å². The molecule has 2 aliphatic carbocycles. The number of amides is 1. The van der Waals surface area contributed by atoms with Crippen molar-refractivity contribution in [2.75, 3.05) is 4.90 Å². The highest BCUT2D eigenvalue weighted by Crippen LogP contribution is 2.34. The van der Waals surface area contributed by atoms with Gasteiger partial charge in [0.05, 0.1) is 11.4 Å². The summed E-state index contributed by atoms with van der Waals surface area (Å²) in [7, 11) is 1.98. The first-order chi connectivity index (χ1) is 11.6. The third-order valence-electron chi connectivity index (χ3n) is 4.75. The molecule has 1 amide bonds. The van der Waals surface area contributed by atoms with Crippen LogP contribution in [0.1, 0.15) is 55.6 Å². The summed E-state index contributed by atoms with van der Waals surface area (Å²) < 4.78 is 1.91. The molecule has 1 N–H and O–H groups in total. The SMILES string of the molecule is CC(=O)N(c1nc(CN[C@H]2CCCc3nn(C)cc32)cs1)C1CC1. The average molecular weight is 345 g/mol. The van der Waals surface area contributed by atoms with E-state index in [1.165, 1.54) is 17.7 Å². The number of nitrogens with zero attached hydrogens (tertiary/aromatic N) is 4. The third kappa shape index (κ3) is 3.10. The fourth-order valence-corrected chi connectivity index (χ4v) is 4.41. The van der Waals surface area contributed by atoms with Crippen LogP contribution in [-0.4, -0.2) is 26.7 Å². The summed E-state index contributed by atoms with van der Waals surface area (Å²) in [4.78, 5) is 18.4. The Morgan fingerprint density at radius 1 is 1.46 bits per heavy atom. The summed E-state index contributed by atoms with van der Waals surface area (Å²) in [5, 5.41) is 11.1. The molecule has 0 saturated heterocycles. The predicted octanol–water partition coefficient (Wildman–Crippen LogP) is 2.56. The number of nitrogens with one attached hydrogen (secondary N) is 1. The Morgan fingerprint density at radius 2 is 2.29 bits per heavy atom. The summed E-state index contributed by atoms with van der Waals surface area (Å²) in [5.41, 5.74) is 3.55. The Morgan fingerprint density at radius 3 is 3.04 bits per heavy atom. The minimum atomic E-state index is 0.0960. The van der Waals surface area contributed by atoms with Crippen molar-refractivity contribution in [2.45, 2.75) is 57.7 Å². The van der Waals surface area contributed by atoms with Crippen LogP contribution >= 0.6 is 11.3 Å². The molecule has 2 aromatic rings. The minimum Gasteiger partial charge on any atom is -0.304 e. The van der Waals surface area contributed by atoms with Crippen LogP contribution in [0.4, 0.5) is 5.13 Å². The fraction of sp³-hybridized carbons (Fsp3) is 0.588. The molecular formula is C17H23N5OS. The molecule has 0 spiro atoms. The fourth-order valence-electron chi connectivity index (χ4n) is 3.48. The second-order valence-corrected chi connectivity index (χ2v) is 7.61. The molecule has 2 heterocycles. The Hall–Kier alpha value is -1.73. The van der Waals surface area contributed by atoms with Gasteiger partial charge in [-0.2, -0.15) is 5.10 Å². The maximum Gasteiger partial charge on any atom is 0.225 e. The molecule has 0 aliphatic heterocycles. The second-order valence-electron chi connectivity index (χ2n) is 6.77. The van der Waals surface area contributed by atoms with Crippen molar-refractivity contribution in [2.24, 2.45) is 7.05 Å². The molecular weight excluding hydrogens is 322 g/mol. The number of rotatable bonds is 5. The lowest BCUT2D eigenvalue weighted by Gasteiger charge is -2.22. The van der Waals surface area contributed by atoms with Crippen LogP contribution in [-0.2, 0) is 24.8 Å². The van der Waals surface area contributed by atoms with Gasteiger partial charge in [-0.05, 0) is 32.1 Å². The number of carbonyl (C=O) groups is 1. The Kier molecular flexibility index (Phi) is 4.14. The van der Waals surface area contributed by atoms with Gasteiger partial charge in [0.15, 0.2) is 5.13 Å². The van der Waals surface area contributed by atoms with Crippen molar-refractivity contribution in [3.8, 4) is 0 Å². The highest BCUT2D eigenvalue weighted by atomic mass is 32.1. The van der Waals surface area contributed by atoms with Crippen LogP contribution < -0.4 is 10.2 Å². The van der Waals surface area contributed by atoms with Gasteiger partial charge in [-0.3, -0.25) is 14.4 Å². The van der Waals surface area contributed by atoms with E-state index < -0.39 is 0 Å². The molecule has 6 nitrogen and oxygen atoms in total. The summed E-state index contributed by atoms with van der Waals surface area (Å²) in [5.74, 6) is 0.0960. The number of fused-ring (bicyclic) bond motifs is 1. The summed E-state index contributed by atoms with van der Waals surface area (Å²) >= 11 is 1.57. The van der Waals surface area contributed by atoms with Crippen LogP contribution in [0, 0.1) is 0 Å². The first kappa shape index (κ1) is 15.8. The molecule has 1 atom stereocenters. The van der Waals surface area contributed by atoms with E-state index in [9.17, 15) is 4.79 Å². The maximum atomic E-state index is 11.8. The maximum absolute atomic E-state index is 11.8. The summed E-state index contributed by atoms with van der Waals surface area (Å²) in [6, 6.07) is 0.714. The van der Waals surface area contributed by atoms with Crippen molar-refractivity contribution in [1.29, 1.82) is 0 Å². The Labute approximate surface area is 145 Å². The van der Waals surface area contributed by atoms with Gasteiger partial charge in [0.25, 0.3) is 0 Å². The molecule has 2 aliphatic rings. The number of aryl methyl sites for hydroxylation is 2. The predicted molar refractivity (Wildman–Crippen MR) is 94.0 cm³/mol. The molecule has 4 rings (SSSR count). The van der Waals surface area contributed by atoms with Gasteiger partial charge in [0, 0.05) is 49.7 Å². The van der Waals surface area contributed by atoms with Crippen LogP contribution in [0.3, 0.4) is 0 Å². The lowest BCUT2D eigenvalue weighted by Crippen LogP contribution is -2.30. The number of anilines is 1. The van der Waals surface area contributed by atoms with E-state index in [-0.39, 0.29) is 5.91 Å². The number of hydrogen-bond acceptors (Lipinski definition) is 5. The van der Waals surface area contributed by atoms with E-state index in [0.29, 0.717) is 12.1 Å². The van der Waals surface area contributed by atoms with E-state index in [0.717, 1.165) is 43.1 Å². The third-order valence-corrected chi connectivity index (χ3v) is 5.63. The molecule has 1 fully saturated rings. The monoisotopic (exact) mass is 345 g/mol. The standard InChI is InChI=1S/C17H23N5OS/c1-11(23)22(13-6-7-13)17-19-12(10-24-17)8-18-15-4-3-5-16-14(15)9-21(2)20-16/h9-10,13,15,18H,3-8H2,1-2H3/t15-/m0/s1. The van der Waals surface area contributed by atoms with E-state index in [4.69, 9.17) is 0 Å². The first-order valence-electron chi connectivity index (χ1n) is 8.62. The van der Waals surface area contributed by atoms with Gasteiger partial charge in [-0.1, -0.05) is 0 Å². The Bertz CT molecular complexity index is 748. The number of carbonyl (C=O) groups excluding carboxylic acids is 1. The second kappa shape index (κ2) is 6.29. The lowest BCUT2D eigenvalue weighted by molar-refractivity contribution is -0.116. The lowest BCUT2D eigenvalue weighted by atomic mass is 9.93. The molecule has 0 unspecified atom stereocenters.